The maximum Gasteiger partial charge on any atom is 0.275 e. The molecule has 4 heteroatoms. The molecule has 1 atom stereocenters. The number of aliphatic hydroxyl groups is 1. The predicted octanol–water partition coefficient (Wildman–Crippen LogP) is 0.477. The second-order valence-corrected chi connectivity index (χ2v) is 3.09. The molecule has 1 N–H and O–H groups in total. The SMILES string of the molecule is CON(C)C(=O)C1=CCCCC1O. The summed E-state index contributed by atoms with van der Waals surface area (Å²) >= 11 is 0. The van der Waals surface area contributed by atoms with Gasteiger partial charge in [-0.1, -0.05) is 6.08 Å². The summed E-state index contributed by atoms with van der Waals surface area (Å²) in [5.74, 6) is -0.255. The van der Waals surface area contributed by atoms with Crippen LogP contribution in [0, 0.1) is 0 Å². The molecule has 0 heterocycles. The average molecular weight is 185 g/mol. The number of hydrogen-bond acceptors (Lipinski definition) is 3. The summed E-state index contributed by atoms with van der Waals surface area (Å²) in [7, 11) is 2.96. The largest absolute Gasteiger partial charge is 0.388 e. The number of rotatable bonds is 2. The molecule has 13 heavy (non-hydrogen) atoms. The van der Waals surface area contributed by atoms with E-state index >= 15 is 0 Å². The first-order valence-corrected chi connectivity index (χ1v) is 4.37. The molecule has 0 aromatic carbocycles. The van der Waals surface area contributed by atoms with Crippen molar-refractivity contribution in [2.75, 3.05) is 14.2 Å². The van der Waals surface area contributed by atoms with E-state index in [4.69, 9.17) is 4.84 Å². The molecule has 74 valence electrons. The van der Waals surface area contributed by atoms with Gasteiger partial charge in [-0.25, -0.2) is 5.06 Å². The van der Waals surface area contributed by atoms with Gasteiger partial charge in [0.25, 0.3) is 5.91 Å². The molecule has 0 saturated heterocycles. The molecule has 0 aromatic rings. The minimum Gasteiger partial charge on any atom is -0.388 e. The lowest BCUT2D eigenvalue weighted by molar-refractivity contribution is -0.165. The van der Waals surface area contributed by atoms with Crippen LogP contribution in [-0.2, 0) is 9.63 Å². The van der Waals surface area contributed by atoms with Gasteiger partial charge in [-0.2, -0.15) is 0 Å². The molecule has 0 bridgehead atoms. The second-order valence-electron chi connectivity index (χ2n) is 3.09. The van der Waals surface area contributed by atoms with Crippen LogP contribution in [0.2, 0.25) is 0 Å². The van der Waals surface area contributed by atoms with Crippen LogP contribution in [0.5, 0.6) is 0 Å². The van der Waals surface area contributed by atoms with Gasteiger partial charge in [-0.3, -0.25) is 9.63 Å². The Bertz CT molecular complexity index is 225. The fourth-order valence-electron chi connectivity index (χ4n) is 1.35. The van der Waals surface area contributed by atoms with Gasteiger partial charge in [0.15, 0.2) is 0 Å². The molecule has 1 unspecified atom stereocenters. The minimum absolute atomic E-state index is 0.255. The third-order valence-electron chi connectivity index (χ3n) is 2.21. The standard InChI is InChI=1S/C9H15NO3/c1-10(13-2)9(12)7-5-3-4-6-8(7)11/h5,8,11H,3-4,6H2,1-2H3. The molecular formula is C9H15NO3. The zero-order chi connectivity index (χ0) is 9.84. The highest BCUT2D eigenvalue weighted by Gasteiger charge is 2.23. The van der Waals surface area contributed by atoms with E-state index in [9.17, 15) is 9.90 Å². The van der Waals surface area contributed by atoms with Crippen LogP contribution < -0.4 is 0 Å². The Morgan fingerprint density at radius 3 is 3.00 bits per heavy atom. The third-order valence-corrected chi connectivity index (χ3v) is 2.21. The Kier molecular flexibility index (Phi) is 3.45. The summed E-state index contributed by atoms with van der Waals surface area (Å²) in [5.41, 5.74) is 0.454. The first-order valence-electron chi connectivity index (χ1n) is 4.37. The van der Waals surface area contributed by atoms with Crippen LogP contribution in [0.25, 0.3) is 0 Å². The molecule has 0 aliphatic heterocycles. The quantitative estimate of drug-likeness (QED) is 0.636. The molecule has 0 saturated carbocycles. The summed E-state index contributed by atoms with van der Waals surface area (Å²) in [6.45, 7) is 0. The molecule has 1 amide bonds. The van der Waals surface area contributed by atoms with E-state index < -0.39 is 6.10 Å². The normalized spacial score (nSPS) is 22.4. The van der Waals surface area contributed by atoms with Gasteiger partial charge in [0.05, 0.1) is 13.2 Å². The van der Waals surface area contributed by atoms with E-state index in [-0.39, 0.29) is 5.91 Å². The van der Waals surface area contributed by atoms with Gasteiger partial charge in [-0.05, 0) is 19.3 Å². The van der Waals surface area contributed by atoms with E-state index in [1.165, 1.54) is 14.2 Å². The summed E-state index contributed by atoms with van der Waals surface area (Å²) in [6.07, 6.45) is 3.62. The Morgan fingerprint density at radius 1 is 1.77 bits per heavy atom. The molecule has 0 spiro atoms. The molecule has 1 aliphatic carbocycles. The Morgan fingerprint density at radius 2 is 2.46 bits per heavy atom. The topological polar surface area (TPSA) is 49.8 Å². The van der Waals surface area contributed by atoms with Crippen LogP contribution in [0.1, 0.15) is 19.3 Å². The van der Waals surface area contributed by atoms with Crippen LogP contribution in [-0.4, -0.2) is 36.3 Å². The van der Waals surface area contributed by atoms with Crippen molar-refractivity contribution in [1.29, 1.82) is 0 Å². The number of amides is 1. The molecule has 1 aliphatic rings. The summed E-state index contributed by atoms with van der Waals surface area (Å²) < 4.78 is 0. The van der Waals surface area contributed by atoms with Crippen molar-refractivity contribution >= 4 is 5.91 Å². The van der Waals surface area contributed by atoms with Gasteiger partial charge < -0.3 is 5.11 Å². The maximum absolute atomic E-state index is 11.5. The minimum atomic E-state index is -0.626. The highest BCUT2D eigenvalue weighted by Crippen LogP contribution is 2.19. The maximum atomic E-state index is 11.5. The first kappa shape index (κ1) is 10.2. The second kappa shape index (κ2) is 4.39. The van der Waals surface area contributed by atoms with E-state index in [2.05, 4.69) is 0 Å². The summed E-state index contributed by atoms with van der Waals surface area (Å²) in [4.78, 5) is 16.3. The van der Waals surface area contributed by atoms with Crippen LogP contribution in [0.3, 0.4) is 0 Å². The lowest BCUT2D eigenvalue weighted by atomic mass is 9.96. The van der Waals surface area contributed by atoms with Crippen molar-refractivity contribution in [3.05, 3.63) is 11.6 Å². The number of aliphatic hydroxyl groups excluding tert-OH is 1. The van der Waals surface area contributed by atoms with E-state index in [0.717, 1.165) is 17.9 Å². The fraction of sp³-hybridized carbons (Fsp3) is 0.667. The smallest absolute Gasteiger partial charge is 0.275 e. The Labute approximate surface area is 77.7 Å². The Hall–Kier alpha value is -0.870. The highest BCUT2D eigenvalue weighted by atomic mass is 16.7. The zero-order valence-electron chi connectivity index (χ0n) is 7.99. The van der Waals surface area contributed by atoms with Crippen LogP contribution in [0.4, 0.5) is 0 Å². The summed E-state index contributed by atoms with van der Waals surface area (Å²) in [6, 6.07) is 0. The van der Waals surface area contributed by atoms with Crippen molar-refractivity contribution in [1.82, 2.24) is 5.06 Å². The monoisotopic (exact) mass is 185 g/mol. The van der Waals surface area contributed by atoms with Crippen molar-refractivity contribution in [2.45, 2.75) is 25.4 Å². The van der Waals surface area contributed by atoms with Gasteiger partial charge in [0, 0.05) is 12.6 Å². The number of hydroxylamine groups is 2. The van der Waals surface area contributed by atoms with E-state index in [0.29, 0.717) is 12.0 Å². The van der Waals surface area contributed by atoms with E-state index in [1.807, 2.05) is 0 Å². The molecular weight excluding hydrogens is 170 g/mol. The lowest BCUT2D eigenvalue weighted by Crippen LogP contribution is -2.32. The molecule has 0 fully saturated rings. The molecule has 4 nitrogen and oxygen atoms in total. The number of allylic oxidation sites excluding steroid dienone is 1. The highest BCUT2D eigenvalue weighted by molar-refractivity contribution is 5.93. The molecule has 0 aromatic heterocycles. The lowest BCUT2D eigenvalue weighted by Gasteiger charge is -2.22. The van der Waals surface area contributed by atoms with E-state index in [1.54, 1.807) is 6.08 Å². The van der Waals surface area contributed by atoms with Gasteiger partial charge in [-0.15, -0.1) is 0 Å². The number of carbonyl (C=O) groups excluding carboxylic acids is 1. The number of nitrogens with zero attached hydrogens (tertiary/aromatic N) is 1. The fourth-order valence-corrected chi connectivity index (χ4v) is 1.35. The average Bonchev–Trinajstić information content (AvgIpc) is 2.16. The van der Waals surface area contributed by atoms with Gasteiger partial charge in [0.2, 0.25) is 0 Å². The van der Waals surface area contributed by atoms with Crippen molar-refractivity contribution in [3.8, 4) is 0 Å². The van der Waals surface area contributed by atoms with Crippen molar-refractivity contribution < 1.29 is 14.7 Å². The third kappa shape index (κ3) is 2.29. The van der Waals surface area contributed by atoms with Gasteiger partial charge in [0.1, 0.15) is 0 Å². The summed E-state index contributed by atoms with van der Waals surface area (Å²) in [5, 5.41) is 10.6. The van der Waals surface area contributed by atoms with Crippen LogP contribution >= 0.6 is 0 Å². The van der Waals surface area contributed by atoms with Crippen molar-refractivity contribution in [2.24, 2.45) is 0 Å². The van der Waals surface area contributed by atoms with Crippen LogP contribution in [0.15, 0.2) is 11.6 Å². The number of hydrogen-bond donors (Lipinski definition) is 1. The number of carbonyl (C=O) groups is 1. The molecule has 0 radical (unpaired) electrons. The number of likely N-dealkylation sites (N-methyl/N-ethyl adjacent to an activating group) is 1. The van der Waals surface area contributed by atoms with Gasteiger partial charge >= 0.3 is 0 Å². The Balaban J connectivity index is 2.69. The first-order chi connectivity index (χ1) is 6.16. The predicted molar refractivity (Wildman–Crippen MR) is 47.7 cm³/mol. The molecule has 1 rings (SSSR count). The van der Waals surface area contributed by atoms with Crippen molar-refractivity contribution in [3.63, 3.8) is 0 Å². The zero-order valence-corrected chi connectivity index (χ0v) is 7.99.